The van der Waals surface area contributed by atoms with E-state index in [2.05, 4.69) is 0 Å². The fraction of sp³-hybridized carbons (Fsp3) is 0.154. The van der Waals surface area contributed by atoms with Gasteiger partial charge in [0.15, 0.2) is 0 Å². The van der Waals surface area contributed by atoms with Gasteiger partial charge >= 0.3 is 0 Å². The molecule has 0 bridgehead atoms. The molecule has 1 heterocycles. The zero-order chi connectivity index (χ0) is 23.7. The standard InChI is InChI=1S/C26H22ClNO5/c1-15-6-4-8-17(12-15)28-23(16-7-5-9-18(13-16)32-2)22(25(30)26(28)31)24(29)20-14-19(33-3)10-11-21(20)27/h4-14,23,29H,1-3H3/b24-22+. The molecule has 0 aromatic heterocycles. The first-order valence-electron chi connectivity index (χ1n) is 10.2. The quantitative estimate of drug-likeness (QED) is 0.316. The summed E-state index contributed by atoms with van der Waals surface area (Å²) in [6.45, 7) is 1.90. The highest BCUT2D eigenvalue weighted by atomic mass is 35.5. The first-order chi connectivity index (χ1) is 15.8. The first kappa shape index (κ1) is 22.4. The second-order valence-corrected chi connectivity index (χ2v) is 8.04. The smallest absolute Gasteiger partial charge is 0.300 e. The molecule has 0 aliphatic carbocycles. The van der Waals surface area contributed by atoms with Gasteiger partial charge in [0, 0.05) is 11.3 Å². The Hall–Kier alpha value is -3.77. The Kier molecular flexibility index (Phi) is 6.11. The summed E-state index contributed by atoms with van der Waals surface area (Å²) in [4.78, 5) is 27.9. The lowest BCUT2D eigenvalue weighted by atomic mass is 9.94. The number of anilines is 1. The van der Waals surface area contributed by atoms with Gasteiger partial charge in [0.1, 0.15) is 17.3 Å². The molecule has 4 rings (SSSR count). The summed E-state index contributed by atoms with van der Waals surface area (Å²) < 4.78 is 10.6. The van der Waals surface area contributed by atoms with Crippen molar-refractivity contribution in [3.05, 3.63) is 94.0 Å². The lowest BCUT2D eigenvalue weighted by Crippen LogP contribution is -2.29. The molecule has 0 spiro atoms. The maximum Gasteiger partial charge on any atom is 0.300 e. The number of methoxy groups -OCH3 is 2. The molecule has 3 aromatic rings. The zero-order valence-corrected chi connectivity index (χ0v) is 19.1. The summed E-state index contributed by atoms with van der Waals surface area (Å²) in [6.07, 6.45) is 0. The van der Waals surface area contributed by atoms with E-state index in [1.807, 2.05) is 25.1 Å². The zero-order valence-electron chi connectivity index (χ0n) is 18.3. The van der Waals surface area contributed by atoms with E-state index in [4.69, 9.17) is 21.1 Å². The summed E-state index contributed by atoms with van der Waals surface area (Å²) in [5.74, 6) is -0.913. The molecule has 1 atom stereocenters. The van der Waals surface area contributed by atoms with E-state index >= 15 is 0 Å². The van der Waals surface area contributed by atoms with Gasteiger partial charge in [0.2, 0.25) is 0 Å². The molecule has 1 aliphatic heterocycles. The lowest BCUT2D eigenvalue weighted by Gasteiger charge is -2.26. The molecule has 0 radical (unpaired) electrons. The van der Waals surface area contributed by atoms with Gasteiger partial charge in [0.25, 0.3) is 11.7 Å². The Bertz CT molecular complexity index is 1280. The average molecular weight is 464 g/mol. The third-order valence-electron chi connectivity index (χ3n) is 5.56. The molecule has 1 aliphatic rings. The van der Waals surface area contributed by atoms with Crippen LogP contribution in [0.15, 0.2) is 72.3 Å². The molecular formula is C26H22ClNO5. The molecule has 3 aromatic carbocycles. The normalized spacial score (nSPS) is 17.3. The van der Waals surface area contributed by atoms with Crippen LogP contribution in [-0.2, 0) is 9.59 Å². The summed E-state index contributed by atoms with van der Waals surface area (Å²) >= 11 is 6.35. The highest BCUT2D eigenvalue weighted by Crippen LogP contribution is 2.44. The van der Waals surface area contributed by atoms with E-state index in [1.54, 1.807) is 42.5 Å². The van der Waals surface area contributed by atoms with Gasteiger partial charge in [-0.1, -0.05) is 35.9 Å². The Morgan fingerprint density at radius 2 is 1.64 bits per heavy atom. The fourth-order valence-electron chi connectivity index (χ4n) is 3.96. The van der Waals surface area contributed by atoms with Crippen LogP contribution in [0.4, 0.5) is 5.69 Å². The van der Waals surface area contributed by atoms with E-state index in [0.717, 1.165) is 5.56 Å². The van der Waals surface area contributed by atoms with Gasteiger partial charge in [-0.3, -0.25) is 14.5 Å². The van der Waals surface area contributed by atoms with E-state index in [9.17, 15) is 14.7 Å². The van der Waals surface area contributed by atoms with Crippen LogP contribution < -0.4 is 14.4 Å². The van der Waals surface area contributed by atoms with Crippen molar-refractivity contribution in [3.63, 3.8) is 0 Å². The number of carbonyl (C=O) groups excluding carboxylic acids is 2. The van der Waals surface area contributed by atoms with Crippen LogP contribution in [0.3, 0.4) is 0 Å². The number of amides is 1. The molecule has 1 fully saturated rings. The molecule has 6 nitrogen and oxygen atoms in total. The molecular weight excluding hydrogens is 442 g/mol. The van der Waals surface area contributed by atoms with Crippen LogP contribution in [0, 0.1) is 6.92 Å². The summed E-state index contributed by atoms with van der Waals surface area (Å²) in [5.41, 5.74) is 2.21. The largest absolute Gasteiger partial charge is 0.507 e. The van der Waals surface area contributed by atoms with E-state index in [-0.39, 0.29) is 21.9 Å². The number of hydrogen-bond acceptors (Lipinski definition) is 5. The second kappa shape index (κ2) is 9.00. The van der Waals surface area contributed by atoms with Gasteiger partial charge in [-0.05, 0) is 60.5 Å². The monoisotopic (exact) mass is 463 g/mol. The maximum absolute atomic E-state index is 13.3. The fourth-order valence-corrected chi connectivity index (χ4v) is 4.17. The Balaban J connectivity index is 1.99. The van der Waals surface area contributed by atoms with Crippen molar-refractivity contribution in [1.82, 2.24) is 0 Å². The highest BCUT2D eigenvalue weighted by Gasteiger charge is 2.47. The van der Waals surface area contributed by atoms with Crippen molar-refractivity contribution in [2.45, 2.75) is 13.0 Å². The van der Waals surface area contributed by atoms with Crippen molar-refractivity contribution < 1.29 is 24.2 Å². The Labute approximate surface area is 196 Å². The van der Waals surface area contributed by atoms with Crippen molar-refractivity contribution >= 4 is 34.7 Å². The van der Waals surface area contributed by atoms with E-state index in [1.165, 1.54) is 25.2 Å². The first-order valence-corrected chi connectivity index (χ1v) is 10.6. The molecule has 1 amide bonds. The van der Waals surface area contributed by atoms with Crippen molar-refractivity contribution in [3.8, 4) is 11.5 Å². The topological polar surface area (TPSA) is 76.1 Å². The van der Waals surface area contributed by atoms with Crippen molar-refractivity contribution in [1.29, 1.82) is 0 Å². The number of aryl methyl sites for hydroxylation is 1. The number of benzene rings is 3. The molecule has 1 unspecified atom stereocenters. The van der Waals surface area contributed by atoms with Crippen molar-refractivity contribution in [2.24, 2.45) is 0 Å². The molecule has 168 valence electrons. The van der Waals surface area contributed by atoms with Crippen LogP contribution in [0.25, 0.3) is 5.76 Å². The predicted molar refractivity (Wildman–Crippen MR) is 127 cm³/mol. The van der Waals surface area contributed by atoms with Gasteiger partial charge in [0.05, 0.1) is 30.9 Å². The number of hydrogen-bond donors (Lipinski definition) is 1. The maximum atomic E-state index is 13.3. The van der Waals surface area contributed by atoms with Crippen LogP contribution in [0.1, 0.15) is 22.7 Å². The van der Waals surface area contributed by atoms with Gasteiger partial charge in [-0.25, -0.2) is 0 Å². The van der Waals surface area contributed by atoms with E-state index in [0.29, 0.717) is 22.7 Å². The Morgan fingerprint density at radius 1 is 0.939 bits per heavy atom. The number of halogens is 1. The van der Waals surface area contributed by atoms with Gasteiger partial charge in [-0.15, -0.1) is 0 Å². The Morgan fingerprint density at radius 3 is 2.33 bits per heavy atom. The third-order valence-corrected chi connectivity index (χ3v) is 5.89. The number of Topliss-reactive ketones (excluding diaryl/α,β-unsaturated/α-hetero) is 1. The van der Waals surface area contributed by atoms with E-state index < -0.39 is 17.7 Å². The lowest BCUT2D eigenvalue weighted by molar-refractivity contribution is -0.132. The number of rotatable bonds is 5. The van der Waals surface area contributed by atoms with Crippen LogP contribution in [-0.4, -0.2) is 31.0 Å². The molecule has 7 heteroatoms. The molecule has 1 N–H and O–H groups in total. The van der Waals surface area contributed by atoms with Gasteiger partial charge in [-0.2, -0.15) is 0 Å². The average Bonchev–Trinajstić information content (AvgIpc) is 3.09. The summed E-state index contributed by atoms with van der Waals surface area (Å²) in [5, 5.41) is 11.5. The molecule has 0 saturated carbocycles. The second-order valence-electron chi connectivity index (χ2n) is 7.63. The number of ether oxygens (including phenoxy) is 2. The van der Waals surface area contributed by atoms with Crippen LogP contribution >= 0.6 is 11.6 Å². The number of aliphatic hydroxyl groups excluding tert-OH is 1. The minimum Gasteiger partial charge on any atom is -0.507 e. The third kappa shape index (κ3) is 4.05. The molecule has 33 heavy (non-hydrogen) atoms. The number of nitrogens with zero attached hydrogens (tertiary/aromatic N) is 1. The predicted octanol–water partition coefficient (Wildman–Crippen LogP) is 5.29. The minimum atomic E-state index is -0.885. The SMILES string of the molecule is COc1cccc(C2/C(=C(\O)c3cc(OC)ccc3Cl)C(=O)C(=O)N2c2cccc(C)c2)c1. The van der Waals surface area contributed by atoms with Crippen LogP contribution in [0.2, 0.25) is 5.02 Å². The number of carbonyl (C=O) groups is 2. The number of aliphatic hydroxyl groups is 1. The minimum absolute atomic E-state index is 0.0649. The van der Waals surface area contributed by atoms with Gasteiger partial charge < -0.3 is 14.6 Å². The number of ketones is 1. The summed E-state index contributed by atoms with van der Waals surface area (Å²) in [6, 6.07) is 18.2. The molecule has 1 saturated heterocycles. The highest BCUT2D eigenvalue weighted by molar-refractivity contribution is 6.52. The van der Waals surface area contributed by atoms with Crippen LogP contribution in [0.5, 0.6) is 11.5 Å². The summed E-state index contributed by atoms with van der Waals surface area (Å²) in [7, 11) is 3.02. The van der Waals surface area contributed by atoms with Crippen molar-refractivity contribution in [2.75, 3.05) is 19.1 Å².